The molecule has 1 aromatic heterocycles. The maximum Gasteiger partial charge on any atom is 0.326 e. The summed E-state index contributed by atoms with van der Waals surface area (Å²) >= 11 is 0. The molecule has 1 rings (SSSR count). The molecule has 0 saturated heterocycles. The molecule has 0 saturated carbocycles. The van der Waals surface area contributed by atoms with E-state index in [4.69, 9.17) is 9.84 Å². The molecule has 2 N–H and O–H groups in total. The van der Waals surface area contributed by atoms with Crippen LogP contribution in [0.1, 0.15) is 13.8 Å². The summed E-state index contributed by atoms with van der Waals surface area (Å²) in [5.74, 6) is -0.121. The van der Waals surface area contributed by atoms with Gasteiger partial charge in [0.05, 0.1) is 7.11 Å². The highest BCUT2D eigenvalue weighted by Crippen LogP contribution is 2.14. The maximum absolute atomic E-state index is 11.0. The van der Waals surface area contributed by atoms with Crippen molar-refractivity contribution in [3.05, 3.63) is 12.4 Å². The van der Waals surface area contributed by atoms with E-state index >= 15 is 0 Å². The summed E-state index contributed by atoms with van der Waals surface area (Å²) in [6.45, 7) is 3.65. The quantitative estimate of drug-likeness (QED) is 0.777. The molecule has 0 aliphatic heterocycles. The summed E-state index contributed by atoms with van der Waals surface area (Å²) < 4.78 is 4.92. The number of hydrogen-bond acceptors (Lipinski definition) is 5. The van der Waals surface area contributed by atoms with Gasteiger partial charge in [-0.05, 0) is 5.92 Å². The number of aliphatic carboxylic acids is 1. The third-order valence-electron chi connectivity index (χ3n) is 2.09. The van der Waals surface area contributed by atoms with Gasteiger partial charge in [-0.25, -0.2) is 14.8 Å². The van der Waals surface area contributed by atoms with Gasteiger partial charge in [-0.15, -0.1) is 0 Å². The number of carboxylic acid groups (broad SMARTS) is 1. The molecule has 0 aliphatic rings. The molecule has 1 aromatic rings. The van der Waals surface area contributed by atoms with Crippen LogP contribution in [0.5, 0.6) is 5.88 Å². The van der Waals surface area contributed by atoms with Gasteiger partial charge >= 0.3 is 5.97 Å². The van der Waals surface area contributed by atoms with Crippen LogP contribution in [0.4, 0.5) is 5.82 Å². The number of rotatable bonds is 5. The van der Waals surface area contributed by atoms with Crippen LogP contribution in [0.25, 0.3) is 0 Å². The molecule has 88 valence electrons. The number of nitrogens with one attached hydrogen (secondary N) is 1. The van der Waals surface area contributed by atoms with Crippen LogP contribution >= 0.6 is 0 Å². The Bertz CT molecular complexity index is 368. The van der Waals surface area contributed by atoms with Crippen molar-refractivity contribution in [1.29, 1.82) is 0 Å². The average molecular weight is 225 g/mol. The van der Waals surface area contributed by atoms with Crippen molar-refractivity contribution in [2.45, 2.75) is 19.9 Å². The minimum Gasteiger partial charge on any atom is -0.481 e. The first kappa shape index (κ1) is 12.2. The van der Waals surface area contributed by atoms with Crippen LogP contribution in [0.15, 0.2) is 12.4 Å². The molecule has 0 amide bonds. The highest BCUT2D eigenvalue weighted by Gasteiger charge is 2.21. The average Bonchev–Trinajstić information content (AvgIpc) is 2.25. The van der Waals surface area contributed by atoms with E-state index in [9.17, 15) is 4.79 Å². The van der Waals surface area contributed by atoms with E-state index in [0.29, 0.717) is 11.7 Å². The number of nitrogens with zero attached hydrogens (tertiary/aromatic N) is 2. The van der Waals surface area contributed by atoms with Gasteiger partial charge in [0.2, 0.25) is 5.88 Å². The SMILES string of the molecule is COc1cc(N[C@H](C(=O)O)C(C)C)ncn1. The zero-order valence-electron chi connectivity index (χ0n) is 9.47. The molecule has 0 unspecified atom stereocenters. The Morgan fingerprint density at radius 3 is 2.69 bits per heavy atom. The standard InChI is InChI=1S/C10H15N3O3/c1-6(2)9(10(14)15)13-7-4-8(16-3)12-5-11-7/h4-6,9H,1-3H3,(H,14,15)(H,11,12,13)/t9-/m0/s1. The van der Waals surface area contributed by atoms with Crippen LogP contribution in [0, 0.1) is 5.92 Å². The molecule has 0 aromatic carbocycles. The number of methoxy groups -OCH3 is 1. The zero-order chi connectivity index (χ0) is 12.1. The molecule has 1 atom stereocenters. The molecule has 0 radical (unpaired) electrons. The van der Waals surface area contributed by atoms with Gasteiger partial charge in [0.25, 0.3) is 0 Å². The zero-order valence-corrected chi connectivity index (χ0v) is 9.47. The fraction of sp³-hybridized carbons (Fsp3) is 0.500. The number of carbonyl (C=O) groups is 1. The van der Waals surface area contributed by atoms with Crippen molar-refractivity contribution >= 4 is 11.8 Å². The van der Waals surface area contributed by atoms with Crippen LogP contribution in [-0.4, -0.2) is 34.2 Å². The van der Waals surface area contributed by atoms with E-state index in [1.807, 2.05) is 13.8 Å². The largest absolute Gasteiger partial charge is 0.481 e. The van der Waals surface area contributed by atoms with Crippen LogP contribution in [0.3, 0.4) is 0 Å². The number of aromatic nitrogens is 2. The number of hydrogen-bond donors (Lipinski definition) is 2. The Hall–Kier alpha value is -1.85. The Labute approximate surface area is 93.7 Å². The molecule has 6 heteroatoms. The summed E-state index contributed by atoms with van der Waals surface area (Å²) in [6, 6.07) is 0.873. The predicted molar refractivity (Wildman–Crippen MR) is 58.5 cm³/mol. The van der Waals surface area contributed by atoms with E-state index < -0.39 is 12.0 Å². The lowest BCUT2D eigenvalue weighted by atomic mass is 10.1. The van der Waals surface area contributed by atoms with Gasteiger partial charge in [-0.2, -0.15) is 0 Å². The van der Waals surface area contributed by atoms with Gasteiger partial charge in [-0.1, -0.05) is 13.8 Å². The van der Waals surface area contributed by atoms with Crippen LogP contribution < -0.4 is 10.1 Å². The number of ether oxygens (including phenoxy) is 1. The van der Waals surface area contributed by atoms with Gasteiger partial charge in [0.1, 0.15) is 18.2 Å². The Balaban J connectivity index is 2.81. The molecule has 0 bridgehead atoms. The van der Waals surface area contributed by atoms with E-state index in [2.05, 4.69) is 15.3 Å². The topological polar surface area (TPSA) is 84.3 Å². The summed E-state index contributed by atoms with van der Waals surface area (Å²) in [6.07, 6.45) is 1.32. The lowest BCUT2D eigenvalue weighted by Gasteiger charge is -2.18. The molecule has 16 heavy (non-hydrogen) atoms. The van der Waals surface area contributed by atoms with Crippen molar-refractivity contribution < 1.29 is 14.6 Å². The second-order valence-electron chi connectivity index (χ2n) is 3.65. The molecule has 0 fully saturated rings. The molecule has 6 nitrogen and oxygen atoms in total. The Morgan fingerprint density at radius 1 is 1.50 bits per heavy atom. The summed E-state index contributed by atoms with van der Waals surface area (Å²) in [7, 11) is 1.49. The smallest absolute Gasteiger partial charge is 0.326 e. The highest BCUT2D eigenvalue weighted by molar-refractivity contribution is 5.77. The first-order valence-corrected chi connectivity index (χ1v) is 4.90. The summed E-state index contributed by atoms with van der Waals surface area (Å²) in [4.78, 5) is 18.7. The summed E-state index contributed by atoms with van der Waals surface area (Å²) in [5.41, 5.74) is 0. The van der Waals surface area contributed by atoms with E-state index in [1.54, 1.807) is 6.07 Å². The normalized spacial score (nSPS) is 12.2. The number of carboxylic acids is 1. The Morgan fingerprint density at radius 2 is 2.19 bits per heavy atom. The van der Waals surface area contributed by atoms with Crippen LogP contribution in [-0.2, 0) is 4.79 Å². The van der Waals surface area contributed by atoms with E-state index in [0.717, 1.165) is 0 Å². The second kappa shape index (κ2) is 5.29. The third kappa shape index (κ3) is 3.08. The van der Waals surface area contributed by atoms with Crippen molar-refractivity contribution in [1.82, 2.24) is 9.97 Å². The highest BCUT2D eigenvalue weighted by atomic mass is 16.5. The fourth-order valence-corrected chi connectivity index (χ4v) is 1.20. The number of anilines is 1. The monoisotopic (exact) mass is 225 g/mol. The van der Waals surface area contributed by atoms with Crippen molar-refractivity contribution in [2.75, 3.05) is 12.4 Å². The molecular formula is C10H15N3O3. The van der Waals surface area contributed by atoms with Gasteiger partial charge in [0, 0.05) is 6.07 Å². The van der Waals surface area contributed by atoms with Crippen molar-refractivity contribution in [3.63, 3.8) is 0 Å². The fourth-order valence-electron chi connectivity index (χ4n) is 1.20. The lowest BCUT2D eigenvalue weighted by Crippen LogP contribution is -2.34. The van der Waals surface area contributed by atoms with Crippen LogP contribution in [0.2, 0.25) is 0 Å². The van der Waals surface area contributed by atoms with E-state index in [1.165, 1.54) is 13.4 Å². The molecule has 0 spiro atoms. The molecular weight excluding hydrogens is 210 g/mol. The van der Waals surface area contributed by atoms with Gasteiger partial charge in [0.15, 0.2) is 0 Å². The van der Waals surface area contributed by atoms with E-state index in [-0.39, 0.29) is 5.92 Å². The lowest BCUT2D eigenvalue weighted by molar-refractivity contribution is -0.138. The van der Waals surface area contributed by atoms with Gasteiger partial charge in [-0.3, -0.25) is 0 Å². The van der Waals surface area contributed by atoms with Crippen molar-refractivity contribution in [3.8, 4) is 5.88 Å². The van der Waals surface area contributed by atoms with Gasteiger partial charge < -0.3 is 15.2 Å². The Kier molecular flexibility index (Phi) is 4.04. The predicted octanol–water partition coefficient (Wildman–Crippen LogP) is 1.01. The molecule has 0 aliphatic carbocycles. The second-order valence-corrected chi connectivity index (χ2v) is 3.65. The third-order valence-corrected chi connectivity index (χ3v) is 2.09. The first-order chi connectivity index (χ1) is 7.54. The summed E-state index contributed by atoms with van der Waals surface area (Å²) in [5, 5.41) is 11.8. The minimum atomic E-state index is -0.910. The molecule has 1 heterocycles. The first-order valence-electron chi connectivity index (χ1n) is 4.90. The maximum atomic E-state index is 11.0. The minimum absolute atomic E-state index is 0.0431. The van der Waals surface area contributed by atoms with Crippen molar-refractivity contribution in [2.24, 2.45) is 5.92 Å².